The van der Waals surface area contributed by atoms with Crippen molar-refractivity contribution >= 4 is 34.3 Å². The number of rotatable bonds is 6. The fraction of sp³-hybridized carbons (Fsp3) is 0.158. The zero-order valence-corrected chi connectivity index (χ0v) is 16.2. The van der Waals surface area contributed by atoms with Gasteiger partial charge < -0.3 is 10.1 Å². The Bertz CT molecular complexity index is 1160. The minimum absolute atomic E-state index is 0.136. The Morgan fingerprint density at radius 1 is 1.17 bits per heavy atom. The molecule has 0 aliphatic carbocycles. The molecule has 0 radical (unpaired) electrons. The molecule has 0 bridgehead atoms. The van der Waals surface area contributed by atoms with Gasteiger partial charge in [0.15, 0.2) is 10.8 Å². The Morgan fingerprint density at radius 3 is 2.90 bits per heavy atom. The molecule has 1 N–H and O–H groups in total. The van der Waals surface area contributed by atoms with Crippen LogP contribution in [0.3, 0.4) is 0 Å². The highest BCUT2D eigenvalue weighted by atomic mass is 35.5. The van der Waals surface area contributed by atoms with Crippen LogP contribution in [0.25, 0.3) is 16.6 Å². The molecule has 9 nitrogen and oxygen atoms in total. The van der Waals surface area contributed by atoms with E-state index >= 15 is 0 Å². The molecule has 4 rings (SSSR count). The number of fused-ring (bicyclic) bond motifs is 1. The zero-order valence-electron chi connectivity index (χ0n) is 15.4. The lowest BCUT2D eigenvalue weighted by molar-refractivity contribution is 0.0512. The molecule has 29 heavy (non-hydrogen) atoms. The van der Waals surface area contributed by atoms with Crippen LogP contribution >= 0.6 is 11.6 Å². The number of pyridine rings is 1. The van der Waals surface area contributed by atoms with Gasteiger partial charge in [0.2, 0.25) is 0 Å². The van der Waals surface area contributed by atoms with E-state index in [1.54, 1.807) is 29.9 Å². The summed E-state index contributed by atoms with van der Waals surface area (Å²) in [6, 6.07) is 12.9. The SMILES string of the molecule is Cc1c(C(=O)OCCNc2ccc(Cl)nn2)nnn1-c1ccc2ncccc2c1. The van der Waals surface area contributed by atoms with Crippen molar-refractivity contribution < 1.29 is 9.53 Å². The maximum absolute atomic E-state index is 12.4. The quantitative estimate of drug-likeness (QED) is 0.382. The van der Waals surface area contributed by atoms with Gasteiger partial charge in [-0.2, -0.15) is 0 Å². The van der Waals surface area contributed by atoms with E-state index in [1.807, 2.05) is 30.3 Å². The van der Waals surface area contributed by atoms with E-state index in [0.717, 1.165) is 16.6 Å². The van der Waals surface area contributed by atoms with Gasteiger partial charge in [-0.05, 0) is 43.3 Å². The van der Waals surface area contributed by atoms with Crippen LogP contribution in [-0.2, 0) is 4.74 Å². The summed E-state index contributed by atoms with van der Waals surface area (Å²) in [6.45, 7) is 2.27. The van der Waals surface area contributed by atoms with Gasteiger partial charge in [-0.1, -0.05) is 22.9 Å². The zero-order chi connectivity index (χ0) is 20.2. The number of hydrogen-bond donors (Lipinski definition) is 1. The molecule has 3 aromatic heterocycles. The summed E-state index contributed by atoms with van der Waals surface area (Å²) >= 11 is 5.68. The van der Waals surface area contributed by atoms with Crippen LogP contribution in [0.2, 0.25) is 5.15 Å². The van der Waals surface area contributed by atoms with E-state index in [0.29, 0.717) is 23.2 Å². The van der Waals surface area contributed by atoms with Gasteiger partial charge >= 0.3 is 5.97 Å². The third kappa shape index (κ3) is 4.14. The molecule has 0 saturated heterocycles. The van der Waals surface area contributed by atoms with Gasteiger partial charge in [0, 0.05) is 11.6 Å². The number of nitrogens with one attached hydrogen (secondary N) is 1. The molecule has 0 spiro atoms. The second-order valence-corrected chi connectivity index (χ2v) is 6.51. The van der Waals surface area contributed by atoms with Crippen LogP contribution in [0.4, 0.5) is 5.82 Å². The fourth-order valence-corrected chi connectivity index (χ4v) is 2.86. The van der Waals surface area contributed by atoms with Crippen molar-refractivity contribution in [3.05, 3.63) is 65.2 Å². The summed E-state index contributed by atoms with van der Waals surface area (Å²) in [6.07, 6.45) is 1.74. The molecule has 0 atom stereocenters. The Morgan fingerprint density at radius 2 is 2.07 bits per heavy atom. The van der Waals surface area contributed by atoms with Crippen molar-refractivity contribution in [3.63, 3.8) is 0 Å². The number of halogens is 1. The third-order valence-corrected chi connectivity index (χ3v) is 4.39. The highest BCUT2D eigenvalue weighted by Gasteiger charge is 2.19. The predicted octanol–water partition coefficient (Wildman–Crippen LogP) is 2.84. The van der Waals surface area contributed by atoms with E-state index in [4.69, 9.17) is 16.3 Å². The molecular formula is C19H16ClN7O2. The second-order valence-electron chi connectivity index (χ2n) is 6.12. The van der Waals surface area contributed by atoms with Crippen molar-refractivity contribution in [2.75, 3.05) is 18.5 Å². The van der Waals surface area contributed by atoms with Crippen LogP contribution < -0.4 is 5.32 Å². The van der Waals surface area contributed by atoms with E-state index in [2.05, 4.69) is 30.8 Å². The molecule has 0 fully saturated rings. The Balaban J connectivity index is 1.40. The number of ether oxygens (including phenoxy) is 1. The van der Waals surface area contributed by atoms with Crippen LogP contribution in [0.5, 0.6) is 0 Å². The van der Waals surface area contributed by atoms with Crippen molar-refractivity contribution in [1.29, 1.82) is 0 Å². The Labute approximate surface area is 170 Å². The van der Waals surface area contributed by atoms with Crippen LogP contribution in [-0.4, -0.2) is 49.3 Å². The number of aromatic nitrogens is 6. The average molecular weight is 410 g/mol. The highest BCUT2D eigenvalue weighted by molar-refractivity contribution is 6.29. The number of benzene rings is 1. The maximum Gasteiger partial charge on any atom is 0.360 e. The molecule has 3 heterocycles. The molecule has 0 saturated carbocycles. The first kappa shape index (κ1) is 18.8. The Hall–Kier alpha value is -3.59. The van der Waals surface area contributed by atoms with Crippen LogP contribution in [0.1, 0.15) is 16.2 Å². The minimum Gasteiger partial charge on any atom is -0.459 e. The molecule has 146 valence electrons. The van der Waals surface area contributed by atoms with Crippen LogP contribution in [0, 0.1) is 6.92 Å². The average Bonchev–Trinajstić information content (AvgIpc) is 3.13. The number of carbonyl (C=O) groups is 1. The molecule has 4 aromatic rings. The van der Waals surface area contributed by atoms with E-state index < -0.39 is 5.97 Å². The smallest absolute Gasteiger partial charge is 0.360 e. The molecule has 0 aliphatic rings. The first-order valence-electron chi connectivity index (χ1n) is 8.79. The van der Waals surface area contributed by atoms with Gasteiger partial charge in [0.25, 0.3) is 0 Å². The first-order chi connectivity index (χ1) is 14.1. The standard InChI is InChI=1S/C19H16ClN7O2/c1-12-18(19(28)29-10-9-22-17-7-6-16(20)23-24-17)25-26-27(12)14-4-5-15-13(11-14)3-2-8-21-15/h2-8,11H,9-10H2,1H3,(H,22,24). The van der Waals surface area contributed by atoms with E-state index in [-0.39, 0.29) is 12.3 Å². The van der Waals surface area contributed by atoms with Gasteiger partial charge in [0.05, 0.1) is 23.4 Å². The number of esters is 1. The molecule has 1 aromatic carbocycles. The minimum atomic E-state index is -0.541. The van der Waals surface area contributed by atoms with Crippen LogP contribution in [0.15, 0.2) is 48.7 Å². The molecule has 10 heteroatoms. The summed E-state index contributed by atoms with van der Waals surface area (Å²) in [5.41, 5.74) is 2.43. The molecule has 0 unspecified atom stereocenters. The van der Waals surface area contributed by atoms with Crippen molar-refractivity contribution in [2.24, 2.45) is 0 Å². The lowest BCUT2D eigenvalue weighted by atomic mass is 10.2. The Kier molecular flexibility index (Phi) is 5.30. The molecule has 0 aliphatic heterocycles. The summed E-state index contributed by atoms with van der Waals surface area (Å²) < 4.78 is 6.87. The van der Waals surface area contributed by atoms with Crippen molar-refractivity contribution in [3.8, 4) is 5.69 Å². The number of nitrogens with zero attached hydrogens (tertiary/aromatic N) is 6. The van der Waals surface area contributed by atoms with Crippen molar-refractivity contribution in [2.45, 2.75) is 6.92 Å². The number of hydrogen-bond acceptors (Lipinski definition) is 8. The summed E-state index contributed by atoms with van der Waals surface area (Å²) in [4.78, 5) is 16.7. The predicted molar refractivity (Wildman–Crippen MR) is 107 cm³/mol. The summed E-state index contributed by atoms with van der Waals surface area (Å²) in [5, 5.41) is 19.9. The normalized spacial score (nSPS) is 10.8. The van der Waals surface area contributed by atoms with Gasteiger partial charge in [-0.25, -0.2) is 9.48 Å². The topological polar surface area (TPSA) is 108 Å². The first-order valence-corrected chi connectivity index (χ1v) is 9.17. The second kappa shape index (κ2) is 8.19. The van der Waals surface area contributed by atoms with Gasteiger partial charge in [-0.15, -0.1) is 15.3 Å². The van der Waals surface area contributed by atoms with Gasteiger partial charge in [-0.3, -0.25) is 4.98 Å². The number of carbonyl (C=O) groups excluding carboxylic acids is 1. The summed E-state index contributed by atoms with van der Waals surface area (Å²) in [5.74, 6) is -0.00133. The fourth-order valence-electron chi connectivity index (χ4n) is 2.76. The molecule has 0 amide bonds. The van der Waals surface area contributed by atoms with Gasteiger partial charge in [0.1, 0.15) is 12.4 Å². The monoisotopic (exact) mass is 409 g/mol. The largest absolute Gasteiger partial charge is 0.459 e. The van der Waals surface area contributed by atoms with Crippen molar-refractivity contribution in [1.82, 2.24) is 30.2 Å². The third-order valence-electron chi connectivity index (χ3n) is 4.19. The summed E-state index contributed by atoms with van der Waals surface area (Å²) in [7, 11) is 0. The van der Waals surface area contributed by atoms with E-state index in [9.17, 15) is 4.79 Å². The van der Waals surface area contributed by atoms with E-state index in [1.165, 1.54) is 0 Å². The lowest BCUT2D eigenvalue weighted by Crippen LogP contribution is -2.15. The highest BCUT2D eigenvalue weighted by Crippen LogP contribution is 2.18. The maximum atomic E-state index is 12.4. The lowest BCUT2D eigenvalue weighted by Gasteiger charge is -2.07. The molecular weight excluding hydrogens is 394 g/mol. The number of anilines is 1.